The Morgan fingerprint density at radius 3 is 2.36 bits per heavy atom. The molecular formula is C17H18N2O9. The number of nitrogens with zero attached hydrogens (tertiary/aromatic N) is 2. The van der Waals surface area contributed by atoms with E-state index in [4.69, 9.17) is 4.74 Å². The summed E-state index contributed by atoms with van der Waals surface area (Å²) in [6.07, 6.45) is -1.41. The predicted molar refractivity (Wildman–Crippen MR) is 94.9 cm³/mol. The summed E-state index contributed by atoms with van der Waals surface area (Å²) in [5.41, 5.74) is 0.500. The molecule has 0 fully saturated rings. The molecule has 0 saturated carbocycles. The summed E-state index contributed by atoms with van der Waals surface area (Å²) in [5, 5.41) is 29.9. The molecule has 2 aromatic rings. The number of carbonyl (C=O) groups is 1. The van der Waals surface area contributed by atoms with Gasteiger partial charge in [-0.1, -0.05) is 24.3 Å². The van der Waals surface area contributed by atoms with Gasteiger partial charge in [0, 0.05) is 0 Å². The molecule has 0 spiro atoms. The predicted octanol–water partition coefficient (Wildman–Crippen LogP) is 2.58. The molecule has 11 nitrogen and oxygen atoms in total. The maximum atomic E-state index is 11.7. The first-order chi connectivity index (χ1) is 13.3. The summed E-state index contributed by atoms with van der Waals surface area (Å²) < 4.78 is 5.15. The average molecular weight is 394 g/mol. The number of carboxylic acids is 1. The van der Waals surface area contributed by atoms with Gasteiger partial charge in [0.1, 0.15) is 18.5 Å². The van der Waals surface area contributed by atoms with Gasteiger partial charge in [0.2, 0.25) is 0 Å². The Kier molecular flexibility index (Phi) is 6.90. The maximum Gasteiger partial charge on any atom is 0.310 e. The van der Waals surface area contributed by atoms with Gasteiger partial charge < -0.3 is 19.5 Å². The minimum absolute atomic E-state index is 0.0312. The Hall–Kier alpha value is -3.63. The van der Waals surface area contributed by atoms with Gasteiger partial charge in [0.15, 0.2) is 0 Å². The monoisotopic (exact) mass is 394 g/mol. The van der Waals surface area contributed by atoms with Gasteiger partial charge in [-0.2, -0.15) is 0 Å². The maximum absolute atomic E-state index is 11.7. The van der Waals surface area contributed by atoms with Crippen molar-refractivity contribution in [3.8, 4) is 5.75 Å². The Morgan fingerprint density at radius 2 is 1.75 bits per heavy atom. The third-order valence-corrected chi connectivity index (χ3v) is 4.15. The largest absolute Gasteiger partial charge is 0.497 e. The van der Waals surface area contributed by atoms with Crippen molar-refractivity contribution in [2.75, 3.05) is 13.7 Å². The molecular weight excluding hydrogens is 376 g/mol. The quantitative estimate of drug-likeness (QED) is 0.448. The molecule has 0 bridgehead atoms. The minimum Gasteiger partial charge on any atom is -0.497 e. The second kappa shape index (κ2) is 9.35. The molecule has 1 N–H and O–H groups in total. The number of benzene rings is 2. The number of fused-ring (bicyclic) bond motifs is 1. The SMILES string of the molecule is COc1ccc2cc([C@H](CCC(CO[N+](=O)[O-])O[N+](=O)[O-])C(=O)O)ccc2c1. The van der Waals surface area contributed by atoms with Crippen molar-refractivity contribution in [3.63, 3.8) is 0 Å². The van der Waals surface area contributed by atoms with E-state index in [2.05, 4.69) is 9.68 Å². The van der Waals surface area contributed by atoms with Gasteiger partial charge in [-0.3, -0.25) is 4.79 Å². The van der Waals surface area contributed by atoms with E-state index in [1.165, 1.54) is 0 Å². The number of hydrogen-bond acceptors (Lipinski definition) is 8. The Bertz CT molecular complexity index is 871. The highest BCUT2D eigenvalue weighted by atomic mass is 17.0. The van der Waals surface area contributed by atoms with Gasteiger partial charge in [0.05, 0.1) is 13.0 Å². The van der Waals surface area contributed by atoms with Crippen LogP contribution in [0.2, 0.25) is 0 Å². The minimum atomic E-state index is -1.26. The summed E-state index contributed by atoms with van der Waals surface area (Å²) in [7, 11) is 1.54. The van der Waals surface area contributed by atoms with Crippen molar-refractivity contribution in [1.82, 2.24) is 0 Å². The third-order valence-electron chi connectivity index (χ3n) is 4.15. The lowest BCUT2D eigenvalue weighted by Gasteiger charge is -2.18. The van der Waals surface area contributed by atoms with E-state index in [0.717, 1.165) is 10.8 Å². The molecule has 2 atom stereocenters. The van der Waals surface area contributed by atoms with Gasteiger partial charge >= 0.3 is 5.97 Å². The highest BCUT2D eigenvalue weighted by Gasteiger charge is 2.24. The molecule has 0 aliphatic rings. The van der Waals surface area contributed by atoms with Crippen LogP contribution in [0.4, 0.5) is 0 Å². The Labute approximate surface area is 158 Å². The fraction of sp³-hybridized carbons (Fsp3) is 0.353. The standard InChI is InChI=1S/C17H18N2O9/c1-26-14-5-4-11-8-13(3-2-12(11)9-14)16(17(20)21)7-6-15(28-19(24)25)10-27-18(22)23/h2-5,8-9,15-16H,6-7,10H2,1H3,(H,20,21)/t15?,16-/m0/s1. The summed E-state index contributed by atoms with van der Waals surface area (Å²) in [6, 6.07) is 10.5. The van der Waals surface area contributed by atoms with E-state index in [9.17, 15) is 30.1 Å². The summed E-state index contributed by atoms with van der Waals surface area (Å²) in [5.74, 6) is -1.43. The Morgan fingerprint density at radius 1 is 1.07 bits per heavy atom. The van der Waals surface area contributed by atoms with E-state index < -0.39 is 34.8 Å². The van der Waals surface area contributed by atoms with Gasteiger partial charge in [-0.05, 0) is 41.3 Å². The average Bonchev–Trinajstić information content (AvgIpc) is 2.64. The molecule has 0 amide bonds. The first kappa shape index (κ1) is 20.7. The van der Waals surface area contributed by atoms with Crippen LogP contribution in [0.15, 0.2) is 36.4 Å². The fourth-order valence-corrected chi connectivity index (χ4v) is 2.80. The van der Waals surface area contributed by atoms with Crippen LogP contribution in [-0.2, 0) is 14.5 Å². The van der Waals surface area contributed by atoms with Crippen LogP contribution in [-0.4, -0.2) is 41.1 Å². The molecule has 28 heavy (non-hydrogen) atoms. The Balaban J connectivity index is 2.17. The molecule has 0 radical (unpaired) electrons. The molecule has 0 heterocycles. The van der Waals surface area contributed by atoms with Crippen molar-refractivity contribution in [2.45, 2.75) is 24.9 Å². The third kappa shape index (κ3) is 5.69. The number of carboxylic acid groups (broad SMARTS) is 1. The van der Waals surface area contributed by atoms with Crippen molar-refractivity contribution in [1.29, 1.82) is 0 Å². The zero-order valence-electron chi connectivity index (χ0n) is 14.8. The lowest BCUT2D eigenvalue weighted by atomic mass is 9.91. The molecule has 11 heteroatoms. The molecule has 0 saturated heterocycles. The van der Waals surface area contributed by atoms with Crippen LogP contribution in [0.25, 0.3) is 10.8 Å². The van der Waals surface area contributed by atoms with Gasteiger partial charge in [-0.25, -0.2) is 0 Å². The lowest BCUT2D eigenvalue weighted by Crippen LogP contribution is -2.26. The van der Waals surface area contributed by atoms with Crippen molar-refractivity contribution >= 4 is 16.7 Å². The number of aliphatic carboxylic acids is 1. The topological polar surface area (TPSA) is 151 Å². The molecule has 2 aromatic carbocycles. The summed E-state index contributed by atoms with van der Waals surface area (Å²) in [4.78, 5) is 41.0. The molecule has 0 aromatic heterocycles. The van der Waals surface area contributed by atoms with Crippen LogP contribution in [0.3, 0.4) is 0 Å². The van der Waals surface area contributed by atoms with Crippen LogP contribution < -0.4 is 4.74 Å². The first-order valence-corrected chi connectivity index (χ1v) is 8.19. The van der Waals surface area contributed by atoms with E-state index in [1.54, 1.807) is 37.4 Å². The zero-order valence-corrected chi connectivity index (χ0v) is 14.8. The van der Waals surface area contributed by atoms with E-state index >= 15 is 0 Å². The van der Waals surface area contributed by atoms with Crippen LogP contribution in [0.1, 0.15) is 24.3 Å². The number of hydrogen-bond donors (Lipinski definition) is 1. The normalized spacial score (nSPS) is 12.8. The zero-order chi connectivity index (χ0) is 20.7. The van der Waals surface area contributed by atoms with Crippen molar-refractivity contribution in [2.24, 2.45) is 0 Å². The second-order valence-corrected chi connectivity index (χ2v) is 5.91. The van der Waals surface area contributed by atoms with E-state index in [-0.39, 0.29) is 12.8 Å². The second-order valence-electron chi connectivity index (χ2n) is 5.91. The molecule has 1 unspecified atom stereocenters. The van der Waals surface area contributed by atoms with Gasteiger partial charge in [-0.15, -0.1) is 20.2 Å². The smallest absolute Gasteiger partial charge is 0.310 e. The highest BCUT2D eigenvalue weighted by Crippen LogP contribution is 2.28. The number of ether oxygens (including phenoxy) is 1. The molecule has 0 aliphatic heterocycles. The van der Waals surface area contributed by atoms with Crippen molar-refractivity contribution in [3.05, 3.63) is 62.2 Å². The first-order valence-electron chi connectivity index (χ1n) is 8.19. The van der Waals surface area contributed by atoms with E-state index in [1.807, 2.05) is 6.07 Å². The van der Waals surface area contributed by atoms with Crippen LogP contribution >= 0.6 is 0 Å². The molecule has 0 aliphatic carbocycles. The molecule has 2 rings (SSSR count). The number of methoxy groups -OCH3 is 1. The lowest BCUT2D eigenvalue weighted by molar-refractivity contribution is -0.790. The summed E-state index contributed by atoms with van der Waals surface area (Å²) in [6.45, 7) is -0.669. The highest BCUT2D eigenvalue weighted by molar-refractivity contribution is 5.86. The van der Waals surface area contributed by atoms with Gasteiger partial charge in [0.25, 0.3) is 10.2 Å². The summed E-state index contributed by atoms with van der Waals surface area (Å²) >= 11 is 0. The number of rotatable bonds is 11. The van der Waals surface area contributed by atoms with Crippen LogP contribution in [0.5, 0.6) is 5.75 Å². The fourth-order valence-electron chi connectivity index (χ4n) is 2.80. The van der Waals surface area contributed by atoms with Crippen LogP contribution in [0, 0.1) is 20.2 Å². The molecule has 150 valence electrons. The van der Waals surface area contributed by atoms with Crippen molar-refractivity contribution < 1.29 is 34.5 Å². The van der Waals surface area contributed by atoms with E-state index in [0.29, 0.717) is 11.3 Å².